The Morgan fingerprint density at radius 3 is 2.48 bits per heavy atom. The molecule has 0 aliphatic carbocycles. The maximum atomic E-state index is 12.1. The van der Waals surface area contributed by atoms with Crippen LogP contribution >= 0.6 is 0 Å². The smallest absolute Gasteiger partial charge is 0.300 e. The topological polar surface area (TPSA) is 76.5 Å². The molecule has 5 nitrogen and oxygen atoms in total. The Labute approximate surface area is 124 Å². The van der Waals surface area contributed by atoms with Crippen LogP contribution in [0.4, 0.5) is 0 Å². The Balaban J connectivity index is 2.58. The molecule has 1 heterocycles. The summed E-state index contributed by atoms with van der Waals surface area (Å²) < 4.78 is 29.1. The minimum atomic E-state index is -3.97. The molecule has 1 aromatic carbocycles. The molecule has 0 bridgehead atoms. The average Bonchev–Trinajstić information content (AvgIpc) is 2.46. The van der Waals surface area contributed by atoms with E-state index in [9.17, 15) is 13.5 Å². The SMILES string of the molecule is CCCOS(=O)(=O)c1ccc(C)c(-c2ccncc2)c1O. The monoisotopic (exact) mass is 307 g/mol. The third kappa shape index (κ3) is 3.22. The average molecular weight is 307 g/mol. The van der Waals surface area contributed by atoms with Gasteiger partial charge in [0.2, 0.25) is 0 Å². The van der Waals surface area contributed by atoms with Gasteiger partial charge >= 0.3 is 10.1 Å². The van der Waals surface area contributed by atoms with Crippen molar-refractivity contribution in [1.29, 1.82) is 0 Å². The third-order valence-electron chi connectivity index (χ3n) is 3.03. The van der Waals surface area contributed by atoms with E-state index in [4.69, 9.17) is 4.18 Å². The molecule has 6 heteroatoms. The molecule has 0 unspecified atom stereocenters. The zero-order valence-electron chi connectivity index (χ0n) is 11.9. The third-order valence-corrected chi connectivity index (χ3v) is 4.38. The van der Waals surface area contributed by atoms with Crippen LogP contribution in [0.3, 0.4) is 0 Å². The molecule has 112 valence electrons. The van der Waals surface area contributed by atoms with Crippen LogP contribution in [-0.2, 0) is 14.3 Å². The summed E-state index contributed by atoms with van der Waals surface area (Å²) in [7, 11) is -3.97. The zero-order valence-corrected chi connectivity index (χ0v) is 12.7. The number of aromatic nitrogens is 1. The molecule has 0 saturated carbocycles. The van der Waals surface area contributed by atoms with Crippen LogP contribution < -0.4 is 0 Å². The Morgan fingerprint density at radius 1 is 1.19 bits per heavy atom. The standard InChI is InChI=1S/C15H17NO4S/c1-3-10-20-21(18,19)13-5-4-11(2)14(15(13)17)12-6-8-16-9-7-12/h4-9,17H,3,10H2,1-2H3. The number of aromatic hydroxyl groups is 1. The van der Waals surface area contributed by atoms with Gasteiger partial charge in [0.15, 0.2) is 0 Å². The Hall–Kier alpha value is -1.92. The van der Waals surface area contributed by atoms with Crippen molar-refractivity contribution in [2.75, 3.05) is 6.61 Å². The quantitative estimate of drug-likeness (QED) is 0.860. The van der Waals surface area contributed by atoms with E-state index in [0.29, 0.717) is 17.5 Å². The van der Waals surface area contributed by atoms with Crippen molar-refractivity contribution in [2.45, 2.75) is 25.2 Å². The van der Waals surface area contributed by atoms with Crippen LogP contribution in [0, 0.1) is 6.92 Å². The molecule has 0 saturated heterocycles. The van der Waals surface area contributed by atoms with Crippen molar-refractivity contribution in [3.8, 4) is 16.9 Å². The predicted octanol–water partition coefficient (Wildman–Crippen LogP) is 2.88. The highest BCUT2D eigenvalue weighted by molar-refractivity contribution is 7.86. The van der Waals surface area contributed by atoms with Gasteiger partial charge in [-0.1, -0.05) is 13.0 Å². The second-order valence-electron chi connectivity index (χ2n) is 4.62. The maximum absolute atomic E-state index is 12.1. The number of rotatable bonds is 5. The van der Waals surface area contributed by atoms with Crippen LogP contribution in [0.5, 0.6) is 5.75 Å². The summed E-state index contributed by atoms with van der Waals surface area (Å²) in [5, 5.41) is 10.4. The normalized spacial score (nSPS) is 11.5. The maximum Gasteiger partial charge on any atom is 0.300 e. The van der Waals surface area contributed by atoms with Gasteiger partial charge in [0.1, 0.15) is 10.6 Å². The van der Waals surface area contributed by atoms with Crippen LogP contribution in [0.25, 0.3) is 11.1 Å². The molecule has 1 N–H and O–H groups in total. The first-order chi connectivity index (χ1) is 9.97. The second-order valence-corrected chi connectivity index (χ2v) is 6.20. The molecule has 0 amide bonds. The van der Waals surface area contributed by atoms with E-state index >= 15 is 0 Å². The van der Waals surface area contributed by atoms with Gasteiger partial charge in [0.25, 0.3) is 0 Å². The van der Waals surface area contributed by atoms with E-state index in [0.717, 1.165) is 5.56 Å². The Bertz CT molecular complexity index is 727. The van der Waals surface area contributed by atoms with E-state index in [2.05, 4.69) is 4.98 Å². The highest BCUT2D eigenvalue weighted by atomic mass is 32.2. The highest BCUT2D eigenvalue weighted by Gasteiger charge is 2.23. The summed E-state index contributed by atoms with van der Waals surface area (Å²) in [6.07, 6.45) is 3.75. The predicted molar refractivity (Wildman–Crippen MR) is 79.5 cm³/mol. The molecule has 0 aliphatic rings. The molecule has 0 fully saturated rings. The minimum absolute atomic E-state index is 0.0836. The van der Waals surface area contributed by atoms with Gasteiger partial charge < -0.3 is 5.11 Å². The van der Waals surface area contributed by atoms with Gasteiger partial charge in [-0.2, -0.15) is 8.42 Å². The van der Waals surface area contributed by atoms with E-state index in [1.54, 1.807) is 37.5 Å². The number of aryl methyl sites for hydroxylation is 1. The number of phenols is 1. The van der Waals surface area contributed by atoms with Crippen molar-refractivity contribution in [1.82, 2.24) is 4.98 Å². The van der Waals surface area contributed by atoms with Gasteiger partial charge in [-0.25, -0.2) is 0 Å². The van der Waals surface area contributed by atoms with Crippen molar-refractivity contribution in [3.63, 3.8) is 0 Å². The highest BCUT2D eigenvalue weighted by Crippen LogP contribution is 2.37. The van der Waals surface area contributed by atoms with Gasteiger partial charge in [-0.15, -0.1) is 0 Å². The van der Waals surface area contributed by atoms with Crippen molar-refractivity contribution < 1.29 is 17.7 Å². The van der Waals surface area contributed by atoms with Crippen LogP contribution in [0.2, 0.25) is 0 Å². The molecule has 1 aromatic heterocycles. The summed E-state index contributed by atoms with van der Waals surface area (Å²) in [5.41, 5.74) is 1.94. The van der Waals surface area contributed by atoms with E-state index in [-0.39, 0.29) is 17.3 Å². The number of hydrogen-bond donors (Lipinski definition) is 1. The first-order valence-corrected chi connectivity index (χ1v) is 8.00. The molecule has 0 aliphatic heterocycles. The lowest BCUT2D eigenvalue weighted by atomic mass is 10.0. The largest absolute Gasteiger partial charge is 0.506 e. The first kappa shape index (κ1) is 15.5. The lowest BCUT2D eigenvalue weighted by molar-refractivity contribution is 0.315. The Morgan fingerprint density at radius 2 is 1.86 bits per heavy atom. The molecule has 0 atom stereocenters. The fourth-order valence-electron chi connectivity index (χ4n) is 2.01. The first-order valence-electron chi connectivity index (χ1n) is 6.59. The Kier molecular flexibility index (Phi) is 4.59. The molecule has 0 radical (unpaired) electrons. The fraction of sp³-hybridized carbons (Fsp3) is 0.267. The lowest BCUT2D eigenvalue weighted by Gasteiger charge is -2.13. The number of benzene rings is 1. The van der Waals surface area contributed by atoms with E-state index < -0.39 is 10.1 Å². The van der Waals surface area contributed by atoms with Crippen LogP contribution in [0.1, 0.15) is 18.9 Å². The zero-order chi connectivity index (χ0) is 15.5. The lowest BCUT2D eigenvalue weighted by Crippen LogP contribution is -2.08. The fourth-order valence-corrected chi connectivity index (χ4v) is 3.10. The van der Waals surface area contributed by atoms with E-state index in [1.165, 1.54) is 6.07 Å². The minimum Gasteiger partial charge on any atom is -0.506 e. The molecular formula is C15H17NO4S. The molecule has 21 heavy (non-hydrogen) atoms. The number of nitrogens with zero attached hydrogens (tertiary/aromatic N) is 1. The molecule has 2 rings (SSSR count). The van der Waals surface area contributed by atoms with Gasteiger partial charge in [-0.3, -0.25) is 9.17 Å². The number of phenolic OH excluding ortho intramolecular Hbond substituents is 1. The van der Waals surface area contributed by atoms with Gasteiger partial charge in [0.05, 0.1) is 6.61 Å². The van der Waals surface area contributed by atoms with Crippen molar-refractivity contribution in [3.05, 3.63) is 42.2 Å². The summed E-state index contributed by atoms with van der Waals surface area (Å²) in [5.74, 6) is -0.294. The molecular weight excluding hydrogens is 290 g/mol. The van der Waals surface area contributed by atoms with Gasteiger partial charge in [0, 0.05) is 18.0 Å². The molecule has 2 aromatic rings. The molecule has 0 spiro atoms. The summed E-state index contributed by atoms with van der Waals surface area (Å²) in [4.78, 5) is 3.70. The second kappa shape index (κ2) is 6.24. The summed E-state index contributed by atoms with van der Waals surface area (Å²) in [6.45, 7) is 3.70. The number of pyridine rings is 1. The van der Waals surface area contributed by atoms with E-state index in [1.807, 2.05) is 6.92 Å². The summed E-state index contributed by atoms with van der Waals surface area (Å²) >= 11 is 0. The van der Waals surface area contributed by atoms with Crippen LogP contribution in [0.15, 0.2) is 41.6 Å². The van der Waals surface area contributed by atoms with Crippen molar-refractivity contribution in [2.24, 2.45) is 0 Å². The van der Waals surface area contributed by atoms with Crippen LogP contribution in [-0.4, -0.2) is 25.1 Å². The number of hydrogen-bond acceptors (Lipinski definition) is 5. The van der Waals surface area contributed by atoms with Crippen molar-refractivity contribution >= 4 is 10.1 Å². The summed E-state index contributed by atoms with van der Waals surface area (Å²) in [6, 6.07) is 6.44. The van der Waals surface area contributed by atoms with Gasteiger partial charge in [-0.05, 0) is 42.7 Å².